The van der Waals surface area contributed by atoms with Crippen LogP contribution in [-0.2, 0) is 6.54 Å². The van der Waals surface area contributed by atoms with Crippen LogP contribution in [0.4, 0.5) is 6.01 Å². The van der Waals surface area contributed by atoms with Crippen molar-refractivity contribution in [1.29, 1.82) is 0 Å². The van der Waals surface area contributed by atoms with Crippen molar-refractivity contribution >= 4 is 6.01 Å². The molecule has 2 fully saturated rings. The van der Waals surface area contributed by atoms with Gasteiger partial charge in [0.25, 0.3) is 0 Å². The topological polar surface area (TPSA) is 54.2 Å². The Morgan fingerprint density at radius 3 is 2.68 bits per heavy atom. The molecule has 3 rings (SSSR count). The molecular weight excluding hydrogens is 240 g/mol. The second-order valence-electron chi connectivity index (χ2n) is 6.24. The molecule has 2 aliphatic rings. The molecule has 1 heterocycles. The summed E-state index contributed by atoms with van der Waals surface area (Å²) in [5.41, 5.74) is 0. The highest BCUT2D eigenvalue weighted by Gasteiger charge is 2.32. The first kappa shape index (κ1) is 12.9. The summed E-state index contributed by atoms with van der Waals surface area (Å²) in [4.78, 5) is 2.30. The van der Waals surface area contributed by atoms with Crippen LogP contribution in [0.1, 0.15) is 51.8 Å². The monoisotopic (exact) mass is 264 g/mol. The van der Waals surface area contributed by atoms with Gasteiger partial charge in [-0.1, -0.05) is 18.9 Å². The summed E-state index contributed by atoms with van der Waals surface area (Å²) in [7, 11) is 0. The Morgan fingerprint density at radius 1 is 1.26 bits per heavy atom. The number of aromatic nitrogens is 2. The van der Waals surface area contributed by atoms with Crippen LogP contribution in [0.2, 0.25) is 0 Å². The van der Waals surface area contributed by atoms with Gasteiger partial charge in [0.2, 0.25) is 5.89 Å². The van der Waals surface area contributed by atoms with Crippen LogP contribution in [-0.4, -0.2) is 28.8 Å². The Labute approximate surface area is 114 Å². The quantitative estimate of drug-likeness (QED) is 0.781. The molecule has 0 radical (unpaired) electrons. The molecular formula is C14H24N4O. The zero-order chi connectivity index (χ0) is 13.2. The summed E-state index contributed by atoms with van der Waals surface area (Å²) in [6.07, 6.45) is 6.26. The SMILES string of the molecule is CC(C)CCN(c1nnc(CNC2CC2)o1)C1CC1. The van der Waals surface area contributed by atoms with E-state index < -0.39 is 0 Å². The molecule has 0 saturated heterocycles. The summed E-state index contributed by atoms with van der Waals surface area (Å²) in [5, 5.41) is 11.8. The lowest BCUT2D eigenvalue weighted by molar-refractivity contribution is 0.451. The summed E-state index contributed by atoms with van der Waals surface area (Å²) < 4.78 is 5.80. The third kappa shape index (κ3) is 3.69. The van der Waals surface area contributed by atoms with Crippen LogP contribution < -0.4 is 10.2 Å². The van der Waals surface area contributed by atoms with Gasteiger partial charge < -0.3 is 14.6 Å². The van der Waals surface area contributed by atoms with Crippen LogP contribution in [0, 0.1) is 5.92 Å². The first-order valence-electron chi connectivity index (χ1n) is 7.55. The second-order valence-corrected chi connectivity index (χ2v) is 6.24. The molecule has 1 aromatic rings. The molecule has 0 bridgehead atoms. The lowest BCUT2D eigenvalue weighted by Gasteiger charge is -2.20. The van der Waals surface area contributed by atoms with Crippen molar-refractivity contribution in [3.63, 3.8) is 0 Å². The van der Waals surface area contributed by atoms with Gasteiger partial charge in [-0.15, -0.1) is 5.10 Å². The maximum atomic E-state index is 5.80. The minimum Gasteiger partial charge on any atom is -0.407 e. The Bertz CT molecular complexity index is 409. The van der Waals surface area contributed by atoms with Gasteiger partial charge in [-0.25, -0.2) is 0 Å². The van der Waals surface area contributed by atoms with Gasteiger partial charge in [0.05, 0.1) is 6.54 Å². The number of hydrogen-bond donors (Lipinski definition) is 1. The van der Waals surface area contributed by atoms with E-state index in [1.54, 1.807) is 0 Å². The zero-order valence-corrected chi connectivity index (χ0v) is 11.9. The molecule has 0 amide bonds. The number of nitrogens with zero attached hydrogens (tertiary/aromatic N) is 3. The van der Waals surface area contributed by atoms with Gasteiger partial charge in [-0.2, -0.15) is 0 Å². The van der Waals surface area contributed by atoms with Gasteiger partial charge in [0.15, 0.2) is 0 Å². The number of hydrogen-bond acceptors (Lipinski definition) is 5. The minimum absolute atomic E-state index is 0.628. The molecule has 5 nitrogen and oxygen atoms in total. The van der Waals surface area contributed by atoms with Crippen molar-refractivity contribution in [3.8, 4) is 0 Å². The summed E-state index contributed by atoms with van der Waals surface area (Å²) in [5.74, 6) is 1.43. The molecule has 5 heteroatoms. The molecule has 1 N–H and O–H groups in total. The van der Waals surface area contributed by atoms with E-state index in [-0.39, 0.29) is 0 Å². The second kappa shape index (κ2) is 5.49. The molecule has 0 spiro atoms. The smallest absolute Gasteiger partial charge is 0.318 e. The van der Waals surface area contributed by atoms with Crippen molar-refractivity contribution in [3.05, 3.63) is 5.89 Å². The van der Waals surface area contributed by atoms with Crippen molar-refractivity contribution in [2.24, 2.45) is 5.92 Å². The fourth-order valence-electron chi connectivity index (χ4n) is 2.17. The highest BCUT2D eigenvalue weighted by atomic mass is 16.4. The average molecular weight is 264 g/mol. The van der Waals surface area contributed by atoms with Crippen LogP contribution in [0.5, 0.6) is 0 Å². The van der Waals surface area contributed by atoms with Gasteiger partial charge in [0.1, 0.15) is 0 Å². The van der Waals surface area contributed by atoms with E-state index in [1.165, 1.54) is 32.1 Å². The first-order chi connectivity index (χ1) is 9.22. The molecule has 106 valence electrons. The summed E-state index contributed by atoms with van der Waals surface area (Å²) in [6.45, 7) is 6.24. The van der Waals surface area contributed by atoms with Gasteiger partial charge in [-0.3, -0.25) is 0 Å². The Morgan fingerprint density at radius 2 is 2.05 bits per heavy atom. The fourth-order valence-corrected chi connectivity index (χ4v) is 2.17. The molecule has 2 aliphatic carbocycles. The Balaban J connectivity index is 1.57. The molecule has 1 aromatic heterocycles. The third-order valence-electron chi connectivity index (χ3n) is 3.76. The fraction of sp³-hybridized carbons (Fsp3) is 0.857. The van der Waals surface area contributed by atoms with Crippen molar-refractivity contribution < 1.29 is 4.42 Å². The maximum Gasteiger partial charge on any atom is 0.318 e. The molecule has 2 saturated carbocycles. The van der Waals surface area contributed by atoms with Gasteiger partial charge in [0, 0.05) is 18.6 Å². The molecule has 0 unspecified atom stereocenters. The van der Waals surface area contributed by atoms with E-state index in [1.807, 2.05) is 0 Å². The first-order valence-corrected chi connectivity index (χ1v) is 7.55. The predicted molar refractivity (Wildman–Crippen MR) is 74.0 cm³/mol. The van der Waals surface area contributed by atoms with E-state index in [0.717, 1.165) is 18.5 Å². The largest absolute Gasteiger partial charge is 0.407 e. The van der Waals surface area contributed by atoms with E-state index in [2.05, 4.69) is 34.3 Å². The number of anilines is 1. The standard InChI is InChI=1S/C14H24N4O/c1-10(2)7-8-18(12-5-6-12)14-17-16-13(19-14)9-15-11-3-4-11/h10-12,15H,3-9H2,1-2H3. The van der Waals surface area contributed by atoms with E-state index >= 15 is 0 Å². The predicted octanol–water partition coefficient (Wildman–Crippen LogP) is 2.34. The van der Waals surface area contributed by atoms with Gasteiger partial charge in [-0.05, 0) is 38.0 Å². The van der Waals surface area contributed by atoms with Crippen LogP contribution in [0.3, 0.4) is 0 Å². The summed E-state index contributed by atoms with van der Waals surface area (Å²) in [6, 6.07) is 2.02. The highest BCUT2D eigenvalue weighted by molar-refractivity contribution is 5.29. The Hall–Kier alpha value is -1.10. The number of nitrogens with one attached hydrogen (secondary N) is 1. The minimum atomic E-state index is 0.628. The van der Waals surface area contributed by atoms with E-state index in [4.69, 9.17) is 4.42 Å². The van der Waals surface area contributed by atoms with Gasteiger partial charge >= 0.3 is 6.01 Å². The van der Waals surface area contributed by atoms with Crippen molar-refractivity contribution in [2.75, 3.05) is 11.4 Å². The average Bonchev–Trinajstić information content (AvgIpc) is 3.28. The molecule has 0 aromatic carbocycles. The lowest BCUT2D eigenvalue weighted by atomic mass is 10.1. The lowest BCUT2D eigenvalue weighted by Crippen LogP contribution is -2.28. The normalized spacial score (nSPS) is 19.1. The van der Waals surface area contributed by atoms with E-state index in [9.17, 15) is 0 Å². The van der Waals surface area contributed by atoms with E-state index in [0.29, 0.717) is 24.5 Å². The Kier molecular flexibility index (Phi) is 3.73. The van der Waals surface area contributed by atoms with Crippen LogP contribution in [0.25, 0.3) is 0 Å². The molecule has 0 atom stereocenters. The molecule has 0 aliphatic heterocycles. The van der Waals surface area contributed by atoms with Crippen LogP contribution in [0.15, 0.2) is 4.42 Å². The third-order valence-corrected chi connectivity index (χ3v) is 3.76. The summed E-state index contributed by atoms with van der Waals surface area (Å²) >= 11 is 0. The molecule has 19 heavy (non-hydrogen) atoms. The van der Waals surface area contributed by atoms with Crippen molar-refractivity contribution in [2.45, 2.75) is 64.6 Å². The number of rotatable bonds is 8. The van der Waals surface area contributed by atoms with Crippen molar-refractivity contribution in [1.82, 2.24) is 15.5 Å². The maximum absolute atomic E-state index is 5.80. The zero-order valence-electron chi connectivity index (χ0n) is 11.9. The highest BCUT2D eigenvalue weighted by Crippen LogP contribution is 2.31. The van der Waals surface area contributed by atoms with Crippen LogP contribution >= 0.6 is 0 Å².